The number of H-pyrrole nitrogens is 1. The Balaban J connectivity index is 1.34. The molecule has 2 aliphatic rings. The number of benzene rings is 1. The number of hydrogen-bond donors (Lipinski definition) is 3. The van der Waals surface area contributed by atoms with Crippen LogP contribution in [0.4, 0.5) is 11.5 Å². The van der Waals surface area contributed by atoms with Crippen LogP contribution >= 0.6 is 0 Å². The quantitative estimate of drug-likeness (QED) is 0.365. The normalized spacial score (nSPS) is 18.2. The molecule has 1 saturated carbocycles. The Morgan fingerprint density at radius 3 is 2.46 bits per heavy atom. The number of likely N-dealkylation sites (tertiary alicyclic amines) is 1. The van der Waals surface area contributed by atoms with Gasteiger partial charge in [0.05, 0.1) is 18.1 Å². The first-order valence-electron chi connectivity index (χ1n) is 13.2. The number of piperidine rings is 1. The summed E-state index contributed by atoms with van der Waals surface area (Å²) in [6, 6.07) is 13.2. The van der Waals surface area contributed by atoms with Crippen molar-refractivity contribution in [3.63, 3.8) is 0 Å². The minimum atomic E-state index is -0.584. The van der Waals surface area contributed by atoms with Crippen molar-refractivity contribution >= 4 is 23.4 Å². The van der Waals surface area contributed by atoms with Gasteiger partial charge in [0.2, 0.25) is 0 Å². The lowest BCUT2D eigenvalue weighted by molar-refractivity contribution is -0.147. The Morgan fingerprint density at radius 1 is 1.03 bits per heavy atom. The van der Waals surface area contributed by atoms with Gasteiger partial charge in [-0.1, -0.05) is 31.4 Å². The van der Waals surface area contributed by atoms with Crippen LogP contribution in [0.5, 0.6) is 0 Å². The minimum absolute atomic E-state index is 0.0757. The SMILES string of the molecule is COC(=O)C1(c2ccc(NC(=O)c3cccnc3NC(c3cc[nH]c3)N3CCCCC3)cc2)CCCC1. The molecule has 3 heterocycles. The van der Waals surface area contributed by atoms with E-state index >= 15 is 0 Å². The lowest BCUT2D eigenvalue weighted by Gasteiger charge is -2.35. The number of hydrogen-bond acceptors (Lipinski definition) is 6. The van der Waals surface area contributed by atoms with Crippen molar-refractivity contribution in [2.45, 2.75) is 56.5 Å². The van der Waals surface area contributed by atoms with Gasteiger partial charge in [-0.15, -0.1) is 0 Å². The summed E-state index contributed by atoms with van der Waals surface area (Å²) < 4.78 is 5.13. The largest absolute Gasteiger partial charge is 0.468 e. The third-order valence-electron chi connectivity index (χ3n) is 7.75. The number of amides is 1. The molecule has 0 bridgehead atoms. The van der Waals surface area contributed by atoms with Gasteiger partial charge < -0.3 is 20.4 Å². The third-order valence-corrected chi connectivity index (χ3v) is 7.75. The third kappa shape index (κ3) is 5.25. The first kappa shape index (κ1) is 25.0. The smallest absolute Gasteiger partial charge is 0.316 e. The average molecular weight is 502 g/mol. The van der Waals surface area contributed by atoms with Crippen LogP contribution in [-0.2, 0) is 14.9 Å². The number of carbonyl (C=O) groups is 2. The lowest BCUT2D eigenvalue weighted by Crippen LogP contribution is -2.38. The monoisotopic (exact) mass is 501 g/mol. The number of aromatic nitrogens is 2. The number of rotatable bonds is 8. The molecule has 3 aromatic rings. The number of ether oxygens (including phenoxy) is 1. The second-order valence-electron chi connectivity index (χ2n) is 10.00. The van der Waals surface area contributed by atoms with Crippen molar-refractivity contribution in [1.29, 1.82) is 0 Å². The molecule has 8 heteroatoms. The van der Waals surface area contributed by atoms with Crippen molar-refractivity contribution in [1.82, 2.24) is 14.9 Å². The van der Waals surface area contributed by atoms with Gasteiger partial charge in [-0.25, -0.2) is 4.98 Å². The molecule has 1 unspecified atom stereocenters. The van der Waals surface area contributed by atoms with Crippen LogP contribution in [-0.4, -0.2) is 46.9 Å². The fourth-order valence-electron chi connectivity index (χ4n) is 5.76. The van der Waals surface area contributed by atoms with Crippen molar-refractivity contribution in [2.24, 2.45) is 0 Å². The predicted octanol–water partition coefficient (Wildman–Crippen LogP) is 5.24. The Labute approximate surface area is 217 Å². The number of aromatic amines is 1. The van der Waals surface area contributed by atoms with Gasteiger partial charge in [0.15, 0.2) is 0 Å². The summed E-state index contributed by atoms with van der Waals surface area (Å²) in [4.78, 5) is 36.0. The second kappa shape index (κ2) is 11.2. The van der Waals surface area contributed by atoms with Crippen LogP contribution in [0.1, 0.15) is 72.6 Å². The molecule has 1 aromatic carbocycles. The highest BCUT2D eigenvalue weighted by Gasteiger charge is 2.43. The summed E-state index contributed by atoms with van der Waals surface area (Å²) in [7, 11) is 1.45. The van der Waals surface area contributed by atoms with Crippen LogP contribution in [0, 0.1) is 0 Å². The molecule has 37 heavy (non-hydrogen) atoms. The zero-order valence-electron chi connectivity index (χ0n) is 21.3. The number of carbonyl (C=O) groups excluding carboxylic acids is 2. The zero-order chi connectivity index (χ0) is 25.7. The van der Waals surface area contributed by atoms with Gasteiger partial charge in [0, 0.05) is 42.9 Å². The van der Waals surface area contributed by atoms with Crippen molar-refractivity contribution in [3.8, 4) is 0 Å². The molecule has 2 aromatic heterocycles. The van der Waals surface area contributed by atoms with E-state index in [0.717, 1.165) is 62.7 Å². The standard InChI is InChI=1S/C29H35N5O3/c1-37-28(36)29(14-3-4-15-29)22-9-11-23(12-10-22)32-27(35)24-8-7-16-31-25(24)33-26(21-13-17-30-20-21)34-18-5-2-6-19-34/h7-13,16-17,20,26,30H,2-6,14-15,18-19H2,1H3,(H,31,33)(H,32,35). The van der Waals surface area contributed by atoms with E-state index in [9.17, 15) is 9.59 Å². The van der Waals surface area contributed by atoms with Crippen molar-refractivity contribution in [2.75, 3.05) is 30.8 Å². The molecule has 194 valence electrons. The number of anilines is 2. The Hall–Kier alpha value is -3.65. The highest BCUT2D eigenvalue weighted by atomic mass is 16.5. The van der Waals surface area contributed by atoms with E-state index in [1.165, 1.54) is 13.5 Å². The highest BCUT2D eigenvalue weighted by molar-refractivity contribution is 6.07. The van der Waals surface area contributed by atoms with Gasteiger partial charge in [-0.05, 0) is 61.6 Å². The molecule has 2 fully saturated rings. The van der Waals surface area contributed by atoms with E-state index < -0.39 is 5.41 Å². The molecule has 8 nitrogen and oxygen atoms in total. The Morgan fingerprint density at radius 2 is 1.78 bits per heavy atom. The number of esters is 1. The molecular formula is C29H35N5O3. The van der Waals surface area contributed by atoms with Crippen LogP contribution in [0.15, 0.2) is 61.1 Å². The van der Waals surface area contributed by atoms with Gasteiger partial charge in [0.1, 0.15) is 12.0 Å². The average Bonchev–Trinajstić information content (AvgIpc) is 3.66. The first-order valence-corrected chi connectivity index (χ1v) is 13.2. The number of methoxy groups -OCH3 is 1. The van der Waals surface area contributed by atoms with Crippen LogP contribution in [0.2, 0.25) is 0 Å². The summed E-state index contributed by atoms with van der Waals surface area (Å²) in [5, 5.41) is 6.54. The van der Waals surface area contributed by atoms with Gasteiger partial charge in [-0.2, -0.15) is 0 Å². The van der Waals surface area contributed by atoms with E-state index in [0.29, 0.717) is 17.1 Å². The summed E-state index contributed by atoms with van der Waals surface area (Å²) in [5.41, 5.74) is 2.61. The molecule has 1 aliphatic carbocycles. The summed E-state index contributed by atoms with van der Waals surface area (Å²) in [5.74, 6) is 0.126. The van der Waals surface area contributed by atoms with E-state index in [2.05, 4.69) is 31.6 Å². The fourth-order valence-corrected chi connectivity index (χ4v) is 5.76. The Kier molecular flexibility index (Phi) is 7.55. The van der Waals surface area contributed by atoms with E-state index in [1.54, 1.807) is 18.3 Å². The number of nitrogens with one attached hydrogen (secondary N) is 3. The molecule has 5 rings (SSSR count). The molecular weight excluding hydrogens is 466 g/mol. The molecule has 0 spiro atoms. The maximum Gasteiger partial charge on any atom is 0.316 e. The summed E-state index contributed by atoms with van der Waals surface area (Å²) >= 11 is 0. The van der Waals surface area contributed by atoms with Crippen LogP contribution in [0.25, 0.3) is 0 Å². The number of nitrogens with zero attached hydrogens (tertiary/aromatic N) is 2. The summed E-state index contributed by atoms with van der Waals surface area (Å²) in [6.07, 6.45) is 12.7. The number of pyridine rings is 1. The molecule has 1 aliphatic heterocycles. The molecule has 1 atom stereocenters. The summed E-state index contributed by atoms with van der Waals surface area (Å²) in [6.45, 7) is 1.99. The fraction of sp³-hybridized carbons (Fsp3) is 0.414. The topological polar surface area (TPSA) is 99.3 Å². The first-order chi connectivity index (χ1) is 18.1. The zero-order valence-corrected chi connectivity index (χ0v) is 21.3. The minimum Gasteiger partial charge on any atom is -0.468 e. The van der Waals surface area contributed by atoms with E-state index in [-0.39, 0.29) is 18.0 Å². The predicted molar refractivity (Wildman–Crippen MR) is 143 cm³/mol. The van der Waals surface area contributed by atoms with Crippen LogP contribution in [0.3, 0.4) is 0 Å². The maximum absolute atomic E-state index is 13.4. The van der Waals surface area contributed by atoms with E-state index in [4.69, 9.17) is 4.74 Å². The molecule has 0 radical (unpaired) electrons. The van der Waals surface area contributed by atoms with Crippen molar-refractivity contribution in [3.05, 3.63) is 77.7 Å². The maximum atomic E-state index is 13.4. The van der Waals surface area contributed by atoms with Gasteiger partial charge in [0.25, 0.3) is 5.91 Å². The second-order valence-corrected chi connectivity index (χ2v) is 10.00. The lowest BCUT2D eigenvalue weighted by atomic mass is 9.79. The Bertz CT molecular complexity index is 1200. The van der Waals surface area contributed by atoms with E-state index in [1.807, 2.05) is 36.7 Å². The van der Waals surface area contributed by atoms with Gasteiger partial charge >= 0.3 is 5.97 Å². The molecule has 1 amide bonds. The highest BCUT2D eigenvalue weighted by Crippen LogP contribution is 2.42. The molecule has 1 saturated heterocycles. The van der Waals surface area contributed by atoms with Gasteiger partial charge in [-0.3, -0.25) is 14.5 Å². The van der Waals surface area contributed by atoms with Crippen LogP contribution < -0.4 is 10.6 Å². The molecule has 3 N–H and O–H groups in total. The van der Waals surface area contributed by atoms with Crippen molar-refractivity contribution < 1.29 is 14.3 Å².